The van der Waals surface area contributed by atoms with Gasteiger partial charge in [-0.15, -0.1) is 0 Å². The molecule has 0 atom stereocenters. The molecule has 0 saturated carbocycles. The Balaban J connectivity index is 0.000000913. The second-order valence-corrected chi connectivity index (χ2v) is 7.69. The van der Waals surface area contributed by atoms with Crippen LogP contribution in [0.3, 0.4) is 0 Å². The van der Waals surface area contributed by atoms with E-state index in [0.717, 1.165) is 54.7 Å². The first kappa shape index (κ1) is 23.1. The quantitative estimate of drug-likeness (QED) is 0.439. The van der Waals surface area contributed by atoms with E-state index in [2.05, 4.69) is 34.6 Å². The fourth-order valence-electron chi connectivity index (χ4n) is 3.92. The first-order valence-corrected chi connectivity index (χ1v) is 10.7. The Morgan fingerprint density at radius 2 is 1.91 bits per heavy atom. The number of ether oxygens (including phenoxy) is 1. The van der Waals surface area contributed by atoms with Gasteiger partial charge in [0.05, 0.1) is 7.11 Å². The number of carbonyl (C=O) groups is 2. The lowest BCUT2D eigenvalue weighted by Gasteiger charge is -2.32. The summed E-state index contributed by atoms with van der Waals surface area (Å²) in [5.41, 5.74) is 9.57. The molecule has 0 radical (unpaired) electrons. The van der Waals surface area contributed by atoms with E-state index in [1.807, 2.05) is 29.2 Å². The molecule has 4 rings (SSSR count). The summed E-state index contributed by atoms with van der Waals surface area (Å²) in [7, 11) is 1.65. The van der Waals surface area contributed by atoms with Crippen molar-refractivity contribution in [2.75, 3.05) is 32.1 Å². The summed E-state index contributed by atoms with van der Waals surface area (Å²) in [6, 6.07) is 16.5. The number of carboxylic acid groups (broad SMARTS) is 1. The Labute approximate surface area is 187 Å². The molecule has 1 amide bonds. The van der Waals surface area contributed by atoms with Crippen LogP contribution in [0.15, 0.2) is 48.5 Å². The number of aromatic nitrogens is 1. The zero-order chi connectivity index (χ0) is 22.9. The number of likely N-dealkylation sites (tertiary alicyclic amines) is 1. The van der Waals surface area contributed by atoms with Crippen LogP contribution in [0.25, 0.3) is 10.9 Å². The molecule has 8 nitrogen and oxygen atoms in total. The van der Waals surface area contributed by atoms with Crippen LogP contribution in [0, 0.1) is 0 Å². The van der Waals surface area contributed by atoms with Crippen molar-refractivity contribution in [2.24, 2.45) is 5.73 Å². The van der Waals surface area contributed by atoms with Crippen molar-refractivity contribution in [1.29, 1.82) is 0 Å². The number of nitrogens with two attached hydrogens (primary N) is 1. The SMILES string of the molecule is COc1ccc2[nH]c(C(=O)N3CCC(Nc4ccc(CCN)cc4)CC3)cc2c1.O=CO. The molecule has 170 valence electrons. The molecule has 8 heteroatoms. The van der Waals surface area contributed by atoms with Crippen LogP contribution in [0.2, 0.25) is 0 Å². The van der Waals surface area contributed by atoms with E-state index in [4.69, 9.17) is 20.4 Å². The topological polar surface area (TPSA) is 121 Å². The van der Waals surface area contributed by atoms with E-state index < -0.39 is 0 Å². The summed E-state index contributed by atoms with van der Waals surface area (Å²) in [5.74, 6) is 0.850. The van der Waals surface area contributed by atoms with Crippen molar-refractivity contribution in [3.8, 4) is 5.75 Å². The molecule has 2 heterocycles. The average Bonchev–Trinajstić information content (AvgIpc) is 3.24. The fraction of sp³-hybridized carbons (Fsp3) is 0.333. The number of aromatic amines is 1. The average molecular weight is 439 g/mol. The number of methoxy groups -OCH3 is 1. The minimum atomic E-state index is -0.250. The monoisotopic (exact) mass is 438 g/mol. The third kappa shape index (κ3) is 5.79. The molecule has 0 spiro atoms. The molecule has 1 aliphatic rings. The Morgan fingerprint density at radius 3 is 2.53 bits per heavy atom. The first-order chi connectivity index (χ1) is 15.6. The van der Waals surface area contributed by atoms with Gasteiger partial charge < -0.3 is 30.8 Å². The predicted octanol–water partition coefficient (Wildman–Crippen LogP) is 3.10. The van der Waals surface area contributed by atoms with Gasteiger partial charge in [0.2, 0.25) is 0 Å². The largest absolute Gasteiger partial charge is 0.497 e. The van der Waals surface area contributed by atoms with Gasteiger partial charge in [-0.25, -0.2) is 0 Å². The Kier molecular flexibility index (Phi) is 8.10. The molecule has 5 N–H and O–H groups in total. The van der Waals surface area contributed by atoms with Crippen LogP contribution in [0.5, 0.6) is 5.75 Å². The smallest absolute Gasteiger partial charge is 0.290 e. The van der Waals surface area contributed by atoms with Crippen LogP contribution in [-0.4, -0.2) is 60.2 Å². The van der Waals surface area contributed by atoms with E-state index in [-0.39, 0.29) is 12.4 Å². The lowest BCUT2D eigenvalue weighted by Crippen LogP contribution is -2.42. The number of hydrogen-bond acceptors (Lipinski definition) is 5. The molecule has 0 unspecified atom stereocenters. The van der Waals surface area contributed by atoms with E-state index in [1.54, 1.807) is 7.11 Å². The first-order valence-electron chi connectivity index (χ1n) is 10.7. The minimum absolute atomic E-state index is 0.0600. The van der Waals surface area contributed by atoms with Crippen LogP contribution >= 0.6 is 0 Å². The number of carbonyl (C=O) groups excluding carboxylic acids is 1. The minimum Gasteiger partial charge on any atom is -0.497 e. The highest BCUT2D eigenvalue weighted by atomic mass is 16.5. The normalized spacial score (nSPS) is 13.9. The van der Waals surface area contributed by atoms with Gasteiger partial charge in [0.1, 0.15) is 11.4 Å². The van der Waals surface area contributed by atoms with Crippen LogP contribution in [-0.2, 0) is 11.2 Å². The van der Waals surface area contributed by atoms with E-state index in [0.29, 0.717) is 18.3 Å². The molecule has 1 fully saturated rings. The summed E-state index contributed by atoms with van der Waals surface area (Å²) in [4.78, 5) is 26.5. The molecular formula is C24H30N4O4. The zero-order valence-electron chi connectivity index (χ0n) is 18.2. The molecule has 3 aromatic rings. The van der Waals surface area contributed by atoms with Gasteiger partial charge >= 0.3 is 0 Å². The maximum absolute atomic E-state index is 12.9. The molecule has 1 saturated heterocycles. The second kappa shape index (κ2) is 11.2. The Morgan fingerprint density at radius 1 is 1.22 bits per heavy atom. The lowest BCUT2D eigenvalue weighted by molar-refractivity contribution is -0.122. The number of fused-ring (bicyclic) bond motifs is 1. The van der Waals surface area contributed by atoms with Crippen molar-refractivity contribution >= 4 is 29.0 Å². The third-order valence-electron chi connectivity index (χ3n) is 5.60. The number of rotatable bonds is 6. The maximum Gasteiger partial charge on any atom is 0.290 e. The molecule has 1 aromatic heterocycles. The van der Waals surface area contributed by atoms with Gasteiger partial charge in [0.15, 0.2) is 0 Å². The number of nitrogens with one attached hydrogen (secondary N) is 2. The van der Waals surface area contributed by atoms with Crippen molar-refractivity contribution in [2.45, 2.75) is 25.3 Å². The van der Waals surface area contributed by atoms with Gasteiger partial charge in [-0.05, 0) is 67.8 Å². The van der Waals surface area contributed by atoms with E-state index >= 15 is 0 Å². The molecule has 1 aliphatic heterocycles. The van der Waals surface area contributed by atoms with Gasteiger partial charge in [0, 0.05) is 35.7 Å². The number of benzene rings is 2. The Hall–Kier alpha value is -3.52. The fourth-order valence-corrected chi connectivity index (χ4v) is 3.92. The van der Waals surface area contributed by atoms with Gasteiger partial charge in [-0.1, -0.05) is 12.1 Å². The van der Waals surface area contributed by atoms with Crippen molar-refractivity contribution in [3.05, 3.63) is 59.8 Å². The van der Waals surface area contributed by atoms with Crippen LogP contribution < -0.4 is 15.8 Å². The van der Waals surface area contributed by atoms with Crippen LogP contribution in [0.4, 0.5) is 5.69 Å². The molecular weight excluding hydrogens is 408 g/mol. The van der Waals surface area contributed by atoms with Gasteiger partial charge in [-0.2, -0.15) is 0 Å². The molecule has 0 bridgehead atoms. The summed E-state index contributed by atoms with van der Waals surface area (Å²) < 4.78 is 5.27. The van der Waals surface area contributed by atoms with E-state index in [9.17, 15) is 4.79 Å². The highest BCUT2D eigenvalue weighted by Crippen LogP contribution is 2.23. The summed E-state index contributed by atoms with van der Waals surface area (Å²) in [6.45, 7) is 1.92. The number of hydrogen-bond donors (Lipinski definition) is 4. The third-order valence-corrected chi connectivity index (χ3v) is 5.60. The molecule has 32 heavy (non-hydrogen) atoms. The van der Waals surface area contributed by atoms with Crippen LogP contribution in [0.1, 0.15) is 28.9 Å². The van der Waals surface area contributed by atoms with Crippen molar-refractivity contribution in [3.63, 3.8) is 0 Å². The standard InChI is InChI=1S/C23H28N4O2.CH2O2/c1-29-20-6-7-21-17(14-20)15-22(26-21)23(28)27-12-9-19(10-13-27)25-18-4-2-16(3-5-18)8-11-24;2-1-3/h2-7,14-15,19,25-26H,8-13,24H2,1H3;1H,(H,2,3). The number of anilines is 1. The number of nitrogens with zero attached hydrogens (tertiary/aromatic N) is 1. The number of amides is 1. The van der Waals surface area contributed by atoms with Crippen molar-refractivity contribution in [1.82, 2.24) is 9.88 Å². The number of H-pyrrole nitrogens is 1. The summed E-state index contributed by atoms with van der Waals surface area (Å²) >= 11 is 0. The lowest BCUT2D eigenvalue weighted by atomic mass is 10.0. The van der Waals surface area contributed by atoms with Crippen molar-refractivity contribution < 1.29 is 19.4 Å². The molecule has 0 aliphatic carbocycles. The zero-order valence-corrected chi connectivity index (χ0v) is 18.2. The predicted molar refractivity (Wildman–Crippen MR) is 125 cm³/mol. The van der Waals surface area contributed by atoms with Gasteiger partial charge in [0.25, 0.3) is 12.4 Å². The Bertz CT molecular complexity index is 1020. The highest BCUT2D eigenvalue weighted by molar-refractivity contribution is 5.98. The van der Waals surface area contributed by atoms with E-state index in [1.165, 1.54) is 5.56 Å². The highest BCUT2D eigenvalue weighted by Gasteiger charge is 2.24. The number of piperidine rings is 1. The van der Waals surface area contributed by atoms with Gasteiger partial charge in [-0.3, -0.25) is 9.59 Å². The summed E-state index contributed by atoms with van der Waals surface area (Å²) in [6.07, 6.45) is 2.77. The molecule has 2 aromatic carbocycles. The second-order valence-electron chi connectivity index (χ2n) is 7.69. The summed E-state index contributed by atoms with van der Waals surface area (Å²) in [5, 5.41) is 11.5. The maximum atomic E-state index is 12.9.